The van der Waals surface area contributed by atoms with Crippen LogP contribution in [0.15, 0.2) is 35.1 Å². The van der Waals surface area contributed by atoms with Gasteiger partial charge in [0, 0.05) is 47.1 Å². The zero-order chi connectivity index (χ0) is 22.7. The number of benzene rings is 1. The Kier molecular flexibility index (Phi) is 7.33. The number of nitrogens with zero attached hydrogens (tertiary/aromatic N) is 5. The number of azide groups is 1. The van der Waals surface area contributed by atoms with E-state index in [9.17, 15) is 9.90 Å². The maximum absolute atomic E-state index is 11.8. The van der Waals surface area contributed by atoms with Gasteiger partial charge in [-0.3, -0.25) is 4.90 Å². The fourth-order valence-corrected chi connectivity index (χ4v) is 5.36. The second-order valence-electron chi connectivity index (χ2n) is 8.26. The number of rotatable bonds is 8. The molecule has 2 N–H and O–H groups in total. The lowest BCUT2D eigenvalue weighted by Crippen LogP contribution is -2.60. The fraction of sp³-hybridized carbons (Fsp3) is 0.550. The predicted molar refractivity (Wildman–Crippen MR) is 126 cm³/mol. The van der Waals surface area contributed by atoms with E-state index in [0.29, 0.717) is 16.2 Å². The molecule has 2 aliphatic heterocycles. The van der Waals surface area contributed by atoms with Crippen molar-refractivity contribution >= 4 is 40.4 Å². The fourth-order valence-electron chi connectivity index (χ4n) is 4.13. The van der Waals surface area contributed by atoms with Gasteiger partial charge in [-0.15, -0.1) is 0 Å². The van der Waals surface area contributed by atoms with Crippen molar-refractivity contribution in [1.29, 1.82) is 0 Å². The van der Waals surface area contributed by atoms with Crippen LogP contribution in [0.3, 0.4) is 0 Å². The maximum atomic E-state index is 11.8. The Morgan fingerprint density at radius 1 is 1.38 bits per heavy atom. The molecule has 1 spiro atoms. The van der Waals surface area contributed by atoms with Gasteiger partial charge in [0.05, 0.1) is 17.2 Å². The van der Waals surface area contributed by atoms with Crippen LogP contribution in [0.5, 0.6) is 5.75 Å². The Morgan fingerprint density at radius 3 is 2.75 bits per heavy atom. The number of carboxylic acids is 1. The Labute approximate surface area is 204 Å². The highest BCUT2D eigenvalue weighted by atomic mass is 127. The number of hydrogen-bond donors (Lipinski definition) is 2. The van der Waals surface area contributed by atoms with Gasteiger partial charge in [0.25, 0.3) is 0 Å². The number of halogens is 2. The Morgan fingerprint density at radius 2 is 2.12 bits per heavy atom. The van der Waals surface area contributed by atoms with Crippen molar-refractivity contribution in [1.82, 2.24) is 13.3 Å². The minimum atomic E-state index is -1.03. The van der Waals surface area contributed by atoms with E-state index in [2.05, 4.69) is 43.1 Å². The number of hydrogen-bond acceptors (Lipinski definition) is 7. The summed E-state index contributed by atoms with van der Waals surface area (Å²) < 4.78 is 13.2. The van der Waals surface area contributed by atoms with E-state index >= 15 is 0 Å². The van der Waals surface area contributed by atoms with E-state index in [4.69, 9.17) is 26.6 Å². The molecule has 0 amide bonds. The van der Waals surface area contributed by atoms with Crippen LogP contribution >= 0.6 is 34.5 Å². The highest BCUT2D eigenvalue weighted by Crippen LogP contribution is 2.53. The minimum absolute atomic E-state index is 0.139. The van der Waals surface area contributed by atoms with Crippen LogP contribution in [-0.2, 0) is 16.1 Å². The second kappa shape index (κ2) is 10.0. The summed E-state index contributed by atoms with van der Waals surface area (Å²) in [5.41, 5.74) is 9.81. The molecule has 0 radical (unpaired) electrons. The van der Waals surface area contributed by atoms with Crippen LogP contribution in [-0.4, -0.2) is 51.4 Å². The first-order chi connectivity index (χ1) is 15.4. The molecule has 1 saturated heterocycles. The molecule has 2 atom stereocenters. The standard InChI is InChI=1S/C20H24ClIN6O4/c21-15-9-13(1-2-16(15)32-12-25-26-23)11-31-17-14(18(29)30)10-24-19(28(17)22)27-7-5-20(3-4-20)6-8-27/h1-2,9-10,17,19,24H,3-8,11-12H2,(H,29,30). The smallest absolute Gasteiger partial charge is 0.337 e. The molecule has 3 aliphatic rings. The Hall–Kier alpha value is -1.76. The van der Waals surface area contributed by atoms with Crippen LogP contribution in [0.25, 0.3) is 10.4 Å². The topological polar surface area (TPSA) is 123 Å². The average Bonchev–Trinajstić information content (AvgIpc) is 3.53. The van der Waals surface area contributed by atoms with Crippen LogP contribution in [0, 0.1) is 5.41 Å². The molecule has 1 aliphatic carbocycles. The molecule has 2 fully saturated rings. The van der Waals surface area contributed by atoms with Gasteiger partial charge in [-0.1, -0.05) is 22.8 Å². The van der Waals surface area contributed by atoms with Gasteiger partial charge in [-0.25, -0.2) is 4.79 Å². The Bertz CT molecular complexity index is 942. The van der Waals surface area contributed by atoms with E-state index in [0.717, 1.165) is 18.7 Å². The molecule has 32 heavy (non-hydrogen) atoms. The van der Waals surface area contributed by atoms with E-state index in [-0.39, 0.29) is 25.2 Å². The summed E-state index contributed by atoms with van der Waals surface area (Å²) in [4.78, 5) is 16.8. The van der Waals surface area contributed by atoms with Crippen molar-refractivity contribution in [2.24, 2.45) is 10.5 Å². The number of piperidine rings is 1. The van der Waals surface area contributed by atoms with Crippen molar-refractivity contribution in [3.8, 4) is 5.75 Å². The highest BCUT2D eigenvalue weighted by Gasteiger charge is 2.47. The average molecular weight is 575 g/mol. The molecule has 0 bridgehead atoms. The third-order valence-corrected chi connectivity index (χ3v) is 7.59. The summed E-state index contributed by atoms with van der Waals surface area (Å²) in [6.45, 7) is 1.97. The second-order valence-corrected chi connectivity index (χ2v) is 9.78. The molecular formula is C20H24ClIN6O4. The highest BCUT2D eigenvalue weighted by molar-refractivity contribution is 14.1. The monoisotopic (exact) mass is 574 g/mol. The van der Waals surface area contributed by atoms with E-state index < -0.39 is 12.2 Å². The number of ether oxygens (including phenoxy) is 2. The molecule has 1 aromatic rings. The van der Waals surface area contributed by atoms with Crippen molar-refractivity contribution < 1.29 is 19.4 Å². The third-order valence-electron chi connectivity index (χ3n) is 6.27. The molecular weight excluding hydrogens is 551 g/mol. The SMILES string of the molecule is [N-]=[N+]=NCOc1ccc(COC2C(C(=O)O)=CNC(N3CCC4(CC3)CC4)N2I)cc1Cl. The molecule has 0 aromatic heterocycles. The molecule has 2 heterocycles. The van der Waals surface area contributed by atoms with Gasteiger partial charge < -0.3 is 19.9 Å². The van der Waals surface area contributed by atoms with E-state index in [1.54, 1.807) is 24.4 Å². The van der Waals surface area contributed by atoms with Gasteiger partial charge in [0.1, 0.15) is 12.0 Å². The quantitative estimate of drug-likeness (QED) is 0.157. The molecule has 4 rings (SSSR count). The molecule has 172 valence electrons. The zero-order valence-corrected chi connectivity index (χ0v) is 20.2. The lowest BCUT2D eigenvalue weighted by atomic mass is 9.94. The third kappa shape index (κ3) is 5.24. The first-order valence-corrected chi connectivity index (χ1v) is 11.7. The van der Waals surface area contributed by atoms with Crippen molar-refractivity contribution in [3.63, 3.8) is 0 Å². The van der Waals surface area contributed by atoms with Gasteiger partial charge in [-0.2, -0.15) is 3.11 Å². The molecule has 1 aromatic carbocycles. The van der Waals surface area contributed by atoms with Crippen LogP contribution in [0.1, 0.15) is 31.2 Å². The van der Waals surface area contributed by atoms with E-state index in [1.807, 2.05) is 3.11 Å². The summed E-state index contributed by atoms with van der Waals surface area (Å²) in [6, 6.07) is 5.13. The summed E-state index contributed by atoms with van der Waals surface area (Å²) >= 11 is 8.38. The predicted octanol–water partition coefficient (Wildman–Crippen LogP) is 4.21. The minimum Gasteiger partial charge on any atom is -0.486 e. The first kappa shape index (κ1) is 23.4. The van der Waals surface area contributed by atoms with Gasteiger partial charge in [0.2, 0.25) is 0 Å². The zero-order valence-electron chi connectivity index (χ0n) is 17.3. The van der Waals surface area contributed by atoms with Crippen molar-refractivity contribution in [3.05, 3.63) is 51.0 Å². The van der Waals surface area contributed by atoms with Crippen LogP contribution in [0.4, 0.5) is 0 Å². The molecule has 2 unspecified atom stereocenters. The van der Waals surface area contributed by atoms with E-state index in [1.165, 1.54) is 25.7 Å². The summed E-state index contributed by atoms with van der Waals surface area (Å²) in [5, 5.41) is 16.6. The normalized spacial score (nSPS) is 24.9. The lowest BCUT2D eigenvalue weighted by molar-refractivity contribution is -0.137. The van der Waals surface area contributed by atoms with Crippen LogP contribution in [0.2, 0.25) is 5.02 Å². The number of carboxylic acid groups (broad SMARTS) is 1. The molecule has 1 saturated carbocycles. The van der Waals surface area contributed by atoms with Crippen molar-refractivity contribution in [2.75, 3.05) is 19.8 Å². The number of nitrogens with one attached hydrogen (secondary N) is 1. The van der Waals surface area contributed by atoms with Gasteiger partial charge >= 0.3 is 5.97 Å². The lowest BCUT2D eigenvalue weighted by Gasteiger charge is -2.45. The summed E-state index contributed by atoms with van der Waals surface area (Å²) in [7, 11) is 0. The number of aliphatic carboxylic acids is 1. The van der Waals surface area contributed by atoms with Crippen molar-refractivity contribution in [2.45, 2.75) is 44.8 Å². The summed E-state index contributed by atoms with van der Waals surface area (Å²) in [5.74, 6) is -0.636. The summed E-state index contributed by atoms with van der Waals surface area (Å²) in [6.07, 6.45) is 5.72. The molecule has 10 nitrogen and oxygen atoms in total. The number of carbonyl (C=O) groups is 1. The number of likely N-dealkylation sites (tertiary alicyclic amines) is 1. The maximum Gasteiger partial charge on any atom is 0.337 e. The van der Waals surface area contributed by atoms with Crippen LogP contribution < -0.4 is 10.1 Å². The van der Waals surface area contributed by atoms with Gasteiger partial charge in [0.15, 0.2) is 13.0 Å². The molecule has 12 heteroatoms. The van der Waals surface area contributed by atoms with Gasteiger partial charge in [-0.05, 0) is 54.3 Å². The first-order valence-electron chi connectivity index (χ1n) is 10.3. The Balaban J connectivity index is 1.41. The largest absolute Gasteiger partial charge is 0.486 e.